The van der Waals surface area contributed by atoms with Crippen LogP contribution in [0.3, 0.4) is 0 Å². The molecule has 0 aliphatic rings. The van der Waals surface area contributed by atoms with E-state index in [1.807, 2.05) is 0 Å². The number of phenols is 1. The Kier molecular flexibility index (Phi) is 4.57. The second-order valence-corrected chi connectivity index (χ2v) is 4.99. The maximum atomic E-state index is 9.62. The highest BCUT2D eigenvalue weighted by atomic mass is 79.9. The van der Waals surface area contributed by atoms with E-state index in [1.165, 1.54) is 0 Å². The van der Waals surface area contributed by atoms with E-state index in [1.54, 1.807) is 30.6 Å². The van der Waals surface area contributed by atoms with E-state index in [2.05, 4.69) is 31.1 Å². The Labute approximate surface area is 119 Å². The fourth-order valence-corrected chi connectivity index (χ4v) is 2.02. The molecule has 0 radical (unpaired) electrons. The standard InChI is InChI=1S/C13H14BrN3O2/c14-11-3-4-12(18)10(6-11)7-15-5-1-2-9-8-16-17-13(9)19/h3-4,6-8,18H,1-2,5H2,(H2,16,17,19)/b15-7+. The van der Waals surface area contributed by atoms with Crippen LogP contribution in [0.5, 0.6) is 11.6 Å². The van der Waals surface area contributed by atoms with Crippen LogP contribution in [0.15, 0.2) is 33.9 Å². The van der Waals surface area contributed by atoms with Crippen LogP contribution in [0.1, 0.15) is 17.5 Å². The summed E-state index contributed by atoms with van der Waals surface area (Å²) in [4.78, 5) is 4.25. The molecule has 2 aromatic rings. The minimum Gasteiger partial charge on any atom is -0.507 e. The van der Waals surface area contributed by atoms with Gasteiger partial charge >= 0.3 is 0 Å². The highest BCUT2D eigenvalue weighted by Gasteiger charge is 2.02. The van der Waals surface area contributed by atoms with Crippen LogP contribution in [0, 0.1) is 0 Å². The van der Waals surface area contributed by atoms with Crippen LogP contribution in [-0.4, -0.2) is 33.2 Å². The average Bonchev–Trinajstić information content (AvgIpc) is 2.79. The third-order valence-corrected chi connectivity index (χ3v) is 3.14. The van der Waals surface area contributed by atoms with Crippen LogP contribution in [0.4, 0.5) is 0 Å². The molecule has 0 bridgehead atoms. The lowest BCUT2D eigenvalue weighted by Gasteiger charge is -1.99. The number of nitrogens with one attached hydrogen (secondary N) is 1. The van der Waals surface area contributed by atoms with Gasteiger partial charge in [-0.2, -0.15) is 0 Å². The SMILES string of the molecule is Oc1ccc(Br)cc1/C=N/CCCc1c[nH]nc1O. The van der Waals surface area contributed by atoms with Gasteiger partial charge in [-0.25, -0.2) is 0 Å². The predicted octanol–water partition coefficient (Wildman–Crippen LogP) is 2.64. The van der Waals surface area contributed by atoms with Gasteiger partial charge in [0.2, 0.25) is 5.88 Å². The number of nitrogens with zero attached hydrogens (tertiary/aromatic N) is 2. The number of phenolic OH excluding ortho intramolecular Hbond substituents is 1. The van der Waals surface area contributed by atoms with Crippen molar-refractivity contribution in [3.63, 3.8) is 0 Å². The zero-order valence-electron chi connectivity index (χ0n) is 10.2. The van der Waals surface area contributed by atoms with Gasteiger partial charge in [-0.15, -0.1) is 5.10 Å². The number of halogens is 1. The summed E-state index contributed by atoms with van der Waals surface area (Å²) in [5.41, 5.74) is 1.47. The Morgan fingerprint density at radius 2 is 2.21 bits per heavy atom. The molecule has 0 aliphatic heterocycles. The van der Waals surface area contributed by atoms with Crippen LogP contribution in [-0.2, 0) is 6.42 Å². The quantitative estimate of drug-likeness (QED) is 0.584. The fourth-order valence-electron chi connectivity index (χ4n) is 1.64. The second kappa shape index (κ2) is 6.38. The molecular formula is C13H14BrN3O2. The number of hydrogen-bond acceptors (Lipinski definition) is 4. The molecule has 19 heavy (non-hydrogen) atoms. The van der Waals surface area contributed by atoms with Gasteiger partial charge < -0.3 is 10.2 Å². The lowest BCUT2D eigenvalue weighted by atomic mass is 10.2. The van der Waals surface area contributed by atoms with Gasteiger partial charge in [0, 0.05) is 34.6 Å². The molecule has 1 aromatic heterocycles. The van der Waals surface area contributed by atoms with E-state index >= 15 is 0 Å². The topological polar surface area (TPSA) is 81.5 Å². The largest absolute Gasteiger partial charge is 0.507 e. The number of H-pyrrole nitrogens is 1. The van der Waals surface area contributed by atoms with Crippen molar-refractivity contribution in [2.24, 2.45) is 4.99 Å². The number of aliphatic imine (C=N–C) groups is 1. The van der Waals surface area contributed by atoms with E-state index in [4.69, 9.17) is 0 Å². The Balaban J connectivity index is 1.84. The highest BCUT2D eigenvalue weighted by Crippen LogP contribution is 2.20. The molecule has 0 amide bonds. The first-order chi connectivity index (χ1) is 9.16. The van der Waals surface area contributed by atoms with E-state index in [-0.39, 0.29) is 11.6 Å². The van der Waals surface area contributed by atoms with Gasteiger partial charge in [0.05, 0.1) is 0 Å². The van der Waals surface area contributed by atoms with E-state index < -0.39 is 0 Å². The molecule has 0 saturated carbocycles. The number of hydrogen-bond donors (Lipinski definition) is 3. The first kappa shape index (κ1) is 13.6. The van der Waals surface area contributed by atoms with Crippen molar-refractivity contribution in [2.45, 2.75) is 12.8 Å². The number of aromatic nitrogens is 2. The zero-order valence-corrected chi connectivity index (χ0v) is 11.8. The van der Waals surface area contributed by atoms with E-state index in [9.17, 15) is 10.2 Å². The Morgan fingerprint density at radius 1 is 1.37 bits per heavy atom. The number of aryl methyl sites for hydroxylation is 1. The Morgan fingerprint density at radius 3 is 2.95 bits per heavy atom. The summed E-state index contributed by atoms with van der Waals surface area (Å²) >= 11 is 3.34. The van der Waals surface area contributed by atoms with E-state index in [0.29, 0.717) is 18.5 Å². The summed E-state index contributed by atoms with van der Waals surface area (Å²) in [5, 5.41) is 25.2. The first-order valence-corrected chi connectivity index (χ1v) is 6.66. The van der Waals surface area contributed by atoms with Gasteiger partial charge in [-0.05, 0) is 31.0 Å². The van der Waals surface area contributed by atoms with E-state index in [0.717, 1.165) is 16.5 Å². The van der Waals surface area contributed by atoms with Gasteiger partial charge in [0.1, 0.15) is 5.75 Å². The van der Waals surface area contributed by atoms with Crippen LogP contribution in [0.25, 0.3) is 0 Å². The molecule has 1 aromatic carbocycles. The second-order valence-electron chi connectivity index (χ2n) is 4.08. The molecular weight excluding hydrogens is 310 g/mol. The number of rotatable bonds is 5. The van der Waals surface area contributed by atoms with Crippen molar-refractivity contribution >= 4 is 22.1 Å². The molecule has 5 nitrogen and oxygen atoms in total. The molecule has 0 saturated heterocycles. The molecule has 100 valence electrons. The molecule has 0 unspecified atom stereocenters. The Bertz CT molecular complexity index is 581. The van der Waals surface area contributed by atoms with Crippen molar-refractivity contribution in [2.75, 3.05) is 6.54 Å². The summed E-state index contributed by atoms with van der Waals surface area (Å²) in [7, 11) is 0. The van der Waals surface area contributed by atoms with Gasteiger partial charge in [-0.3, -0.25) is 10.1 Å². The normalized spacial score (nSPS) is 11.2. The fraction of sp³-hybridized carbons (Fsp3) is 0.231. The molecule has 1 heterocycles. The van der Waals surface area contributed by atoms with Crippen molar-refractivity contribution in [1.29, 1.82) is 0 Å². The highest BCUT2D eigenvalue weighted by molar-refractivity contribution is 9.10. The summed E-state index contributed by atoms with van der Waals surface area (Å²) < 4.78 is 0.898. The molecule has 0 aliphatic carbocycles. The lowest BCUT2D eigenvalue weighted by molar-refractivity contribution is 0.445. The van der Waals surface area contributed by atoms with Crippen molar-refractivity contribution < 1.29 is 10.2 Å². The maximum Gasteiger partial charge on any atom is 0.233 e. The van der Waals surface area contributed by atoms with Crippen molar-refractivity contribution in [3.8, 4) is 11.6 Å². The Hall–Kier alpha value is -1.82. The third kappa shape index (κ3) is 3.82. The van der Waals surface area contributed by atoms with Gasteiger partial charge in [0.25, 0.3) is 0 Å². The summed E-state index contributed by atoms with van der Waals surface area (Å²) in [6.45, 7) is 0.622. The molecule has 2 rings (SSSR count). The molecule has 6 heteroatoms. The van der Waals surface area contributed by atoms with Crippen LogP contribution < -0.4 is 0 Å². The molecule has 0 fully saturated rings. The lowest BCUT2D eigenvalue weighted by Crippen LogP contribution is -1.89. The summed E-state index contributed by atoms with van der Waals surface area (Å²) in [6.07, 6.45) is 4.84. The van der Waals surface area contributed by atoms with Gasteiger partial charge in [0.15, 0.2) is 0 Å². The summed E-state index contributed by atoms with van der Waals surface area (Å²) in [5.74, 6) is 0.257. The van der Waals surface area contributed by atoms with Crippen LogP contribution in [0.2, 0.25) is 0 Å². The minimum absolute atomic E-state index is 0.0496. The monoisotopic (exact) mass is 323 g/mol. The molecule has 0 atom stereocenters. The maximum absolute atomic E-state index is 9.62. The molecule has 3 N–H and O–H groups in total. The summed E-state index contributed by atoms with van der Waals surface area (Å²) in [6, 6.07) is 5.20. The predicted molar refractivity (Wildman–Crippen MR) is 76.8 cm³/mol. The average molecular weight is 324 g/mol. The minimum atomic E-state index is 0.0496. The smallest absolute Gasteiger partial charge is 0.233 e. The number of benzene rings is 1. The zero-order chi connectivity index (χ0) is 13.7. The van der Waals surface area contributed by atoms with Crippen LogP contribution >= 0.6 is 15.9 Å². The third-order valence-electron chi connectivity index (χ3n) is 2.65. The van der Waals surface area contributed by atoms with Gasteiger partial charge in [-0.1, -0.05) is 15.9 Å². The number of aromatic hydroxyl groups is 2. The van der Waals surface area contributed by atoms with Crippen molar-refractivity contribution in [1.82, 2.24) is 10.2 Å². The first-order valence-electron chi connectivity index (χ1n) is 5.87. The molecule has 0 spiro atoms. The number of aromatic amines is 1. The van der Waals surface area contributed by atoms with Crippen molar-refractivity contribution in [3.05, 3.63) is 40.0 Å².